The molecule has 1 rings (SSSR count). The fourth-order valence-corrected chi connectivity index (χ4v) is 5.78. The molecule has 0 spiro atoms. The summed E-state index contributed by atoms with van der Waals surface area (Å²) in [6.45, 7) is 8.90. The minimum Gasteiger partial charge on any atom is -0.756 e. The van der Waals surface area contributed by atoms with E-state index in [4.69, 9.17) is 9.05 Å². The van der Waals surface area contributed by atoms with Gasteiger partial charge < -0.3 is 18.4 Å². The topological polar surface area (TPSA) is 58.6 Å². The van der Waals surface area contributed by atoms with E-state index in [-0.39, 0.29) is 12.7 Å². The molecule has 1 aliphatic heterocycles. The molecule has 0 amide bonds. The van der Waals surface area contributed by atoms with Crippen LogP contribution in [0.1, 0.15) is 136 Å². The van der Waals surface area contributed by atoms with E-state index >= 15 is 0 Å². The highest BCUT2D eigenvalue weighted by molar-refractivity contribution is 7.45. The molecule has 5 nitrogen and oxygen atoms in total. The highest BCUT2D eigenvalue weighted by atomic mass is 31.2. The van der Waals surface area contributed by atoms with Gasteiger partial charge in [-0.25, -0.2) is 0 Å². The second-order valence-electron chi connectivity index (χ2n) is 10.9. The third kappa shape index (κ3) is 15.6. The highest BCUT2D eigenvalue weighted by Gasteiger charge is 2.34. The van der Waals surface area contributed by atoms with Gasteiger partial charge in [-0.05, 0) is 20.3 Å². The van der Waals surface area contributed by atoms with Crippen molar-refractivity contribution in [2.24, 2.45) is 0 Å². The Hall–Kier alpha value is 0.0700. The highest BCUT2D eigenvalue weighted by Crippen LogP contribution is 2.42. The van der Waals surface area contributed by atoms with Crippen molar-refractivity contribution >= 4 is 7.82 Å². The van der Waals surface area contributed by atoms with Gasteiger partial charge in [-0.3, -0.25) is 4.57 Å². The van der Waals surface area contributed by atoms with Crippen LogP contribution in [0.3, 0.4) is 0 Å². The SMILES string of the molecule is CCCCCCCCCCCCCCCCCCOP(=O)([O-])OC1CC[N+](C)(C(C)C)CC1. The van der Waals surface area contributed by atoms with E-state index in [9.17, 15) is 9.46 Å². The smallest absolute Gasteiger partial charge is 0.268 e. The summed E-state index contributed by atoms with van der Waals surface area (Å²) in [5.41, 5.74) is 0. The summed E-state index contributed by atoms with van der Waals surface area (Å²) in [5.74, 6) is 0. The third-order valence-electron chi connectivity index (χ3n) is 7.70. The van der Waals surface area contributed by atoms with E-state index in [1.54, 1.807) is 0 Å². The Morgan fingerprint density at radius 1 is 0.788 bits per heavy atom. The number of likely N-dealkylation sites (tertiary alicyclic amines) is 1. The van der Waals surface area contributed by atoms with Gasteiger partial charge in [0.05, 0.1) is 38.9 Å². The molecule has 0 N–H and O–H groups in total. The Balaban J connectivity index is 1.89. The van der Waals surface area contributed by atoms with E-state index in [1.807, 2.05) is 0 Å². The molecule has 0 radical (unpaired) electrons. The number of unbranched alkanes of at least 4 members (excludes halogenated alkanes) is 15. The van der Waals surface area contributed by atoms with Crippen LogP contribution in [0.25, 0.3) is 0 Å². The predicted octanol–water partition coefficient (Wildman–Crippen LogP) is 7.77. The van der Waals surface area contributed by atoms with Gasteiger partial charge in [0.1, 0.15) is 0 Å². The molecule has 33 heavy (non-hydrogen) atoms. The first-order valence-electron chi connectivity index (χ1n) is 14.3. The fraction of sp³-hybridized carbons (Fsp3) is 1.00. The minimum atomic E-state index is -4.17. The molecule has 1 saturated heterocycles. The van der Waals surface area contributed by atoms with Gasteiger partial charge in [-0.15, -0.1) is 0 Å². The maximum atomic E-state index is 12.1. The van der Waals surface area contributed by atoms with Crippen LogP contribution in [0.2, 0.25) is 0 Å². The van der Waals surface area contributed by atoms with Gasteiger partial charge in [0, 0.05) is 12.8 Å². The lowest BCUT2D eigenvalue weighted by molar-refractivity contribution is -0.934. The van der Waals surface area contributed by atoms with Crippen LogP contribution in [0.15, 0.2) is 0 Å². The number of hydrogen-bond donors (Lipinski definition) is 0. The molecule has 0 aromatic heterocycles. The number of nitrogens with zero attached hydrogens (tertiary/aromatic N) is 1. The number of phosphoric acid groups is 1. The quantitative estimate of drug-likeness (QED) is 0.0939. The Morgan fingerprint density at radius 2 is 1.18 bits per heavy atom. The summed E-state index contributed by atoms with van der Waals surface area (Å²) in [4.78, 5) is 12.1. The first-order valence-corrected chi connectivity index (χ1v) is 15.7. The molecular weight excluding hydrogens is 433 g/mol. The van der Waals surface area contributed by atoms with Crippen molar-refractivity contribution in [3.05, 3.63) is 0 Å². The molecule has 0 aliphatic carbocycles. The van der Waals surface area contributed by atoms with Crippen molar-refractivity contribution in [2.45, 2.75) is 148 Å². The summed E-state index contributed by atoms with van der Waals surface area (Å²) < 4.78 is 23.6. The predicted molar refractivity (Wildman–Crippen MR) is 138 cm³/mol. The second-order valence-corrected chi connectivity index (χ2v) is 12.3. The third-order valence-corrected chi connectivity index (χ3v) is 8.75. The molecule has 198 valence electrons. The summed E-state index contributed by atoms with van der Waals surface area (Å²) in [6, 6.07) is 0.552. The second kappa shape index (κ2) is 18.4. The van der Waals surface area contributed by atoms with Crippen LogP contribution in [0, 0.1) is 0 Å². The van der Waals surface area contributed by atoms with Gasteiger partial charge >= 0.3 is 0 Å². The lowest BCUT2D eigenvalue weighted by atomic mass is 10.0. The normalized spacial score (nSPS) is 23.2. The van der Waals surface area contributed by atoms with Crippen molar-refractivity contribution in [1.29, 1.82) is 0 Å². The summed E-state index contributed by atoms with van der Waals surface area (Å²) in [5, 5.41) is 0. The van der Waals surface area contributed by atoms with Gasteiger partial charge in [-0.1, -0.05) is 103 Å². The Kier molecular flexibility index (Phi) is 17.3. The van der Waals surface area contributed by atoms with Crippen molar-refractivity contribution in [3.63, 3.8) is 0 Å². The number of phosphoric ester groups is 1. The monoisotopic (exact) mass is 489 g/mol. The van der Waals surface area contributed by atoms with Crippen molar-refractivity contribution in [1.82, 2.24) is 0 Å². The zero-order valence-corrected chi connectivity index (χ0v) is 23.4. The van der Waals surface area contributed by atoms with Gasteiger partial charge in [0.2, 0.25) is 0 Å². The van der Waals surface area contributed by atoms with E-state index in [2.05, 4.69) is 27.8 Å². The van der Waals surface area contributed by atoms with Crippen molar-refractivity contribution in [2.75, 3.05) is 26.7 Å². The molecule has 0 aromatic carbocycles. The maximum Gasteiger partial charge on any atom is 0.268 e. The van der Waals surface area contributed by atoms with E-state index in [1.165, 1.54) is 89.9 Å². The van der Waals surface area contributed by atoms with Crippen LogP contribution in [0.4, 0.5) is 0 Å². The summed E-state index contributed by atoms with van der Waals surface area (Å²) in [6.07, 6.45) is 22.2. The number of rotatable bonds is 21. The Labute approximate surface area is 206 Å². The van der Waals surface area contributed by atoms with E-state index in [0.29, 0.717) is 6.04 Å². The molecule has 0 bridgehead atoms. The van der Waals surface area contributed by atoms with Crippen molar-refractivity contribution < 1.29 is 23.0 Å². The van der Waals surface area contributed by atoms with Crippen LogP contribution in [0.5, 0.6) is 0 Å². The zero-order valence-electron chi connectivity index (χ0n) is 22.5. The van der Waals surface area contributed by atoms with Gasteiger partial charge in [-0.2, -0.15) is 0 Å². The molecule has 1 fully saturated rings. The lowest BCUT2D eigenvalue weighted by Crippen LogP contribution is -2.55. The van der Waals surface area contributed by atoms with Crippen molar-refractivity contribution in [3.8, 4) is 0 Å². The van der Waals surface area contributed by atoms with Crippen LogP contribution >= 0.6 is 7.82 Å². The molecule has 1 heterocycles. The summed E-state index contributed by atoms with van der Waals surface area (Å²) >= 11 is 0. The van der Waals surface area contributed by atoms with Crippen LogP contribution < -0.4 is 4.89 Å². The van der Waals surface area contributed by atoms with E-state index < -0.39 is 7.82 Å². The molecule has 1 atom stereocenters. The summed E-state index contributed by atoms with van der Waals surface area (Å²) in [7, 11) is -1.93. The fourth-order valence-electron chi connectivity index (χ4n) is 4.80. The van der Waals surface area contributed by atoms with Gasteiger partial charge in [0.15, 0.2) is 0 Å². The molecule has 1 unspecified atom stereocenters. The molecule has 6 heteroatoms. The van der Waals surface area contributed by atoms with E-state index in [0.717, 1.165) is 43.3 Å². The Morgan fingerprint density at radius 3 is 1.58 bits per heavy atom. The number of hydrogen-bond acceptors (Lipinski definition) is 4. The lowest BCUT2D eigenvalue weighted by Gasteiger charge is -2.44. The molecule has 0 saturated carbocycles. The molecule has 0 aromatic rings. The Bertz CT molecular complexity index is 506. The average Bonchev–Trinajstić information content (AvgIpc) is 2.77. The van der Waals surface area contributed by atoms with Crippen LogP contribution in [-0.2, 0) is 13.6 Å². The standard InChI is InChI=1S/C27H56NO4P/c1-5-6-7-8-9-10-11-12-13-14-15-16-17-18-19-20-25-31-33(29,30)32-27-21-23-28(4,24-22-27)26(2)3/h26-27H,5-25H2,1-4H3. The first kappa shape index (κ1) is 31.1. The van der Waals surface area contributed by atoms with Crippen LogP contribution in [-0.4, -0.2) is 43.4 Å². The number of piperidine rings is 1. The molecule has 1 aliphatic rings. The number of quaternary nitrogens is 1. The average molecular weight is 490 g/mol. The van der Waals surface area contributed by atoms with Gasteiger partial charge in [0.25, 0.3) is 7.82 Å². The first-order chi connectivity index (χ1) is 15.8. The largest absolute Gasteiger partial charge is 0.756 e. The minimum absolute atomic E-state index is 0.218. The zero-order chi connectivity index (χ0) is 24.4. The maximum absolute atomic E-state index is 12.1. The molecular formula is C27H56NO4P.